The van der Waals surface area contributed by atoms with E-state index < -0.39 is 60.7 Å². The Labute approximate surface area is 267 Å². The average molecular weight is 638 g/mol. The standard InChI is InChI=1S/C34H39NO11/c1-6-23-10-12-24(13-11-23)14-25-15-28(29(16-26(25)17-35)45-27-8-7-9-27)34(40)33(44-22(5)39)32(43-21(4)38)31(42-20(3)37)30(46-34)18-41-19(2)36/h10-13,15-16,27,30-33,40H,6-9,14,18H2,1-5H3/t30-,31-,32+,33-,34-/m1/s1. The van der Waals surface area contributed by atoms with Crippen LogP contribution in [0.25, 0.3) is 0 Å². The second-order valence-electron chi connectivity index (χ2n) is 11.5. The Kier molecular flexibility index (Phi) is 11.0. The number of aliphatic hydroxyl groups is 1. The van der Waals surface area contributed by atoms with Crippen molar-refractivity contribution in [3.63, 3.8) is 0 Å². The molecule has 0 unspecified atom stereocenters. The first-order valence-electron chi connectivity index (χ1n) is 15.2. The molecule has 0 amide bonds. The van der Waals surface area contributed by atoms with Crippen LogP contribution >= 0.6 is 0 Å². The molecule has 1 heterocycles. The molecule has 12 nitrogen and oxygen atoms in total. The minimum atomic E-state index is -2.61. The fraction of sp³-hybridized carbons (Fsp3) is 0.500. The summed E-state index contributed by atoms with van der Waals surface area (Å²) in [5.74, 6) is -5.71. The van der Waals surface area contributed by atoms with Gasteiger partial charge < -0.3 is 33.5 Å². The van der Waals surface area contributed by atoms with Gasteiger partial charge in [-0.3, -0.25) is 19.2 Å². The summed E-state index contributed by atoms with van der Waals surface area (Å²) >= 11 is 0. The Balaban J connectivity index is 1.93. The van der Waals surface area contributed by atoms with Gasteiger partial charge >= 0.3 is 23.9 Å². The number of hydrogen-bond donors (Lipinski definition) is 1. The Morgan fingerprint density at radius 2 is 1.52 bits per heavy atom. The van der Waals surface area contributed by atoms with Crippen molar-refractivity contribution in [2.75, 3.05) is 6.61 Å². The van der Waals surface area contributed by atoms with Gasteiger partial charge in [0.2, 0.25) is 11.9 Å². The lowest BCUT2D eigenvalue weighted by molar-refractivity contribution is -0.360. The maximum Gasteiger partial charge on any atom is 0.303 e. The first-order chi connectivity index (χ1) is 21.8. The fourth-order valence-electron chi connectivity index (χ4n) is 5.53. The van der Waals surface area contributed by atoms with Gasteiger partial charge in [-0.05, 0) is 60.9 Å². The molecule has 2 aliphatic rings. The first-order valence-corrected chi connectivity index (χ1v) is 15.2. The Bertz CT molecular complexity index is 1490. The van der Waals surface area contributed by atoms with Gasteiger partial charge in [0.1, 0.15) is 18.5 Å². The SMILES string of the molecule is CCc1ccc(Cc2cc([C@@]3(O)O[C@H](COC(C)=O)[C@@H](OC(C)=O)[C@H](OC(C)=O)[C@H]3OC(C)=O)c(OC3CCC3)cc2C#N)cc1. The molecule has 2 fully saturated rings. The number of rotatable bonds is 11. The van der Waals surface area contributed by atoms with Crippen molar-refractivity contribution in [1.82, 2.24) is 0 Å². The molecule has 0 aromatic heterocycles. The summed E-state index contributed by atoms with van der Waals surface area (Å²) in [5, 5.41) is 22.7. The minimum absolute atomic E-state index is 0.0175. The van der Waals surface area contributed by atoms with Crippen molar-refractivity contribution in [1.29, 1.82) is 5.26 Å². The fourth-order valence-corrected chi connectivity index (χ4v) is 5.53. The number of ether oxygens (including phenoxy) is 6. The molecule has 246 valence electrons. The van der Waals surface area contributed by atoms with Crippen LogP contribution in [0.4, 0.5) is 0 Å². The smallest absolute Gasteiger partial charge is 0.303 e. The number of carbonyl (C=O) groups excluding carboxylic acids is 4. The van der Waals surface area contributed by atoms with Crippen molar-refractivity contribution < 1.29 is 52.7 Å². The highest BCUT2D eigenvalue weighted by Gasteiger charge is 2.61. The molecule has 1 N–H and O–H groups in total. The van der Waals surface area contributed by atoms with Crippen LogP contribution in [0, 0.1) is 11.3 Å². The van der Waals surface area contributed by atoms with Gasteiger partial charge in [-0.15, -0.1) is 0 Å². The Hall–Kier alpha value is -4.47. The van der Waals surface area contributed by atoms with Crippen LogP contribution in [-0.4, -0.2) is 66.1 Å². The van der Waals surface area contributed by atoms with Gasteiger partial charge in [0.05, 0.1) is 23.3 Å². The summed E-state index contributed by atoms with van der Waals surface area (Å²) in [7, 11) is 0. The summed E-state index contributed by atoms with van der Waals surface area (Å²) in [4.78, 5) is 48.8. The average Bonchev–Trinajstić information content (AvgIpc) is 2.97. The quantitative estimate of drug-likeness (QED) is 0.282. The van der Waals surface area contributed by atoms with Crippen molar-refractivity contribution in [3.8, 4) is 11.8 Å². The highest BCUT2D eigenvalue weighted by Crippen LogP contribution is 2.46. The third-order valence-corrected chi connectivity index (χ3v) is 7.94. The molecular weight excluding hydrogens is 598 g/mol. The summed E-state index contributed by atoms with van der Waals surface area (Å²) in [6.45, 7) is 5.98. The molecule has 0 radical (unpaired) electrons. The van der Waals surface area contributed by atoms with Gasteiger partial charge in [0.15, 0.2) is 12.2 Å². The molecule has 5 atom stereocenters. The number of esters is 4. The van der Waals surface area contributed by atoms with Gasteiger partial charge in [-0.25, -0.2) is 0 Å². The van der Waals surface area contributed by atoms with E-state index in [1.165, 1.54) is 12.1 Å². The van der Waals surface area contributed by atoms with E-state index in [4.69, 9.17) is 28.4 Å². The van der Waals surface area contributed by atoms with E-state index in [-0.39, 0.29) is 29.4 Å². The lowest BCUT2D eigenvalue weighted by atomic mass is 9.84. The lowest BCUT2D eigenvalue weighted by Gasteiger charge is -2.49. The lowest BCUT2D eigenvalue weighted by Crippen LogP contribution is -2.66. The second kappa shape index (κ2) is 14.7. The molecular formula is C34H39NO11. The van der Waals surface area contributed by atoms with Crippen LogP contribution in [0.5, 0.6) is 5.75 Å². The van der Waals surface area contributed by atoms with E-state index in [0.29, 0.717) is 5.56 Å². The highest BCUT2D eigenvalue weighted by molar-refractivity contribution is 5.69. The van der Waals surface area contributed by atoms with E-state index in [0.717, 1.165) is 64.5 Å². The molecule has 4 rings (SSSR count). The summed E-state index contributed by atoms with van der Waals surface area (Å²) in [6, 6.07) is 13.1. The van der Waals surface area contributed by atoms with Crippen molar-refractivity contribution in [2.45, 2.75) is 103 Å². The van der Waals surface area contributed by atoms with Crippen molar-refractivity contribution in [3.05, 3.63) is 64.2 Å². The highest BCUT2D eigenvalue weighted by atomic mass is 16.7. The zero-order valence-corrected chi connectivity index (χ0v) is 26.6. The first kappa shape index (κ1) is 34.4. The van der Waals surface area contributed by atoms with Gasteiger partial charge in [0, 0.05) is 27.7 Å². The molecule has 1 saturated carbocycles. The predicted molar refractivity (Wildman–Crippen MR) is 160 cm³/mol. The van der Waals surface area contributed by atoms with Crippen LogP contribution in [0.3, 0.4) is 0 Å². The molecule has 0 bridgehead atoms. The number of aryl methyl sites for hydroxylation is 1. The number of nitriles is 1. The number of nitrogens with zero attached hydrogens (tertiary/aromatic N) is 1. The van der Waals surface area contributed by atoms with Crippen molar-refractivity contribution >= 4 is 23.9 Å². The largest absolute Gasteiger partial charge is 0.490 e. The molecule has 1 saturated heterocycles. The Morgan fingerprint density at radius 1 is 0.913 bits per heavy atom. The topological polar surface area (TPSA) is 168 Å². The van der Waals surface area contributed by atoms with Crippen LogP contribution < -0.4 is 4.74 Å². The monoisotopic (exact) mass is 637 g/mol. The van der Waals surface area contributed by atoms with Crippen LogP contribution in [0.1, 0.15) is 81.7 Å². The zero-order chi connectivity index (χ0) is 33.6. The number of carbonyl (C=O) groups is 4. The maximum absolute atomic E-state index is 12.6. The van der Waals surface area contributed by atoms with E-state index in [2.05, 4.69) is 6.07 Å². The third-order valence-electron chi connectivity index (χ3n) is 7.94. The zero-order valence-electron chi connectivity index (χ0n) is 26.6. The normalized spacial score (nSPS) is 24.1. The second-order valence-corrected chi connectivity index (χ2v) is 11.5. The van der Waals surface area contributed by atoms with Crippen LogP contribution in [-0.2, 0) is 61.5 Å². The maximum atomic E-state index is 12.6. The molecule has 0 spiro atoms. The minimum Gasteiger partial charge on any atom is -0.490 e. The summed E-state index contributed by atoms with van der Waals surface area (Å²) in [6.07, 6.45) is -2.93. The molecule has 1 aliphatic carbocycles. The predicted octanol–water partition coefficient (Wildman–Crippen LogP) is 3.54. The number of hydrogen-bond acceptors (Lipinski definition) is 12. The van der Waals surface area contributed by atoms with Gasteiger partial charge in [-0.2, -0.15) is 5.26 Å². The van der Waals surface area contributed by atoms with E-state index in [1.807, 2.05) is 31.2 Å². The summed E-state index contributed by atoms with van der Waals surface area (Å²) in [5.41, 5.74) is 2.80. The van der Waals surface area contributed by atoms with E-state index in [1.54, 1.807) is 0 Å². The molecule has 2 aromatic rings. The Morgan fingerprint density at radius 3 is 2.04 bits per heavy atom. The van der Waals surface area contributed by atoms with Gasteiger partial charge in [0.25, 0.3) is 0 Å². The van der Waals surface area contributed by atoms with Crippen LogP contribution in [0.15, 0.2) is 36.4 Å². The molecule has 12 heteroatoms. The van der Waals surface area contributed by atoms with Crippen molar-refractivity contribution in [2.24, 2.45) is 0 Å². The molecule has 1 aliphatic heterocycles. The molecule has 46 heavy (non-hydrogen) atoms. The van der Waals surface area contributed by atoms with Crippen LogP contribution in [0.2, 0.25) is 0 Å². The number of benzene rings is 2. The van der Waals surface area contributed by atoms with Gasteiger partial charge in [-0.1, -0.05) is 31.2 Å². The van der Waals surface area contributed by atoms with E-state index in [9.17, 15) is 29.5 Å². The van der Waals surface area contributed by atoms with E-state index >= 15 is 0 Å². The molecule has 2 aromatic carbocycles. The summed E-state index contributed by atoms with van der Waals surface area (Å²) < 4.78 is 34.2. The third kappa shape index (κ3) is 8.02.